The van der Waals surface area contributed by atoms with Crippen LogP contribution in [0.3, 0.4) is 0 Å². The number of halogens is 1. The number of anilines is 1. The fourth-order valence-corrected chi connectivity index (χ4v) is 5.05. The third-order valence-electron chi connectivity index (χ3n) is 4.84. The molecule has 1 saturated heterocycles. The van der Waals surface area contributed by atoms with Crippen LogP contribution in [0.25, 0.3) is 11.0 Å². The molecule has 2 N–H and O–H groups in total. The Bertz CT molecular complexity index is 658. The Hall–Kier alpha value is -1.00. The van der Waals surface area contributed by atoms with E-state index in [1.165, 1.54) is 12.8 Å². The molecule has 2 aromatic heterocycles. The number of aromatic nitrogens is 4. The van der Waals surface area contributed by atoms with E-state index in [4.69, 9.17) is 4.74 Å². The maximum absolute atomic E-state index is 5.48. The second-order valence-corrected chi connectivity index (χ2v) is 7.84. The van der Waals surface area contributed by atoms with E-state index < -0.39 is 0 Å². The molecular weight excluding hydrogens is 407 g/mol. The maximum Gasteiger partial charge on any atom is 0.160 e. The van der Waals surface area contributed by atoms with Gasteiger partial charge in [0.1, 0.15) is 12.1 Å². The number of alkyl halides is 1. The number of ether oxygens (including phenoxy) is 1. The zero-order valence-electron chi connectivity index (χ0n) is 12.9. The number of rotatable bonds is 3. The smallest absolute Gasteiger partial charge is 0.160 e. The van der Waals surface area contributed by atoms with Gasteiger partial charge < -0.3 is 10.1 Å². The van der Waals surface area contributed by atoms with Gasteiger partial charge in [0.25, 0.3) is 0 Å². The lowest BCUT2D eigenvalue weighted by Gasteiger charge is -2.42. The van der Waals surface area contributed by atoms with Gasteiger partial charge in [0.15, 0.2) is 5.65 Å². The average Bonchev–Trinajstić information content (AvgIpc) is 3.06. The Balaban J connectivity index is 1.41. The van der Waals surface area contributed by atoms with Gasteiger partial charge in [-0.3, -0.25) is 10.00 Å². The van der Waals surface area contributed by atoms with Gasteiger partial charge in [-0.2, -0.15) is 5.10 Å². The van der Waals surface area contributed by atoms with E-state index in [0.717, 1.165) is 49.6 Å². The van der Waals surface area contributed by atoms with Crippen LogP contribution >= 0.6 is 22.6 Å². The molecule has 8 heteroatoms. The normalized spacial score (nSPS) is 29.7. The van der Waals surface area contributed by atoms with Crippen LogP contribution in [0.15, 0.2) is 12.5 Å². The molecule has 2 fully saturated rings. The minimum absolute atomic E-state index is 0.460. The molecule has 3 atom stereocenters. The molecular formula is C15H21IN6O. The van der Waals surface area contributed by atoms with Gasteiger partial charge in [-0.1, -0.05) is 22.6 Å². The van der Waals surface area contributed by atoms with Crippen molar-refractivity contribution >= 4 is 39.4 Å². The molecule has 0 aromatic carbocycles. The molecule has 0 amide bonds. The molecule has 3 unspecified atom stereocenters. The summed E-state index contributed by atoms with van der Waals surface area (Å²) in [5.74, 6) is 0.891. The molecule has 2 aromatic rings. The number of nitrogens with one attached hydrogen (secondary N) is 2. The Morgan fingerprint density at radius 1 is 1.26 bits per heavy atom. The Labute approximate surface area is 148 Å². The number of fused-ring (bicyclic) bond motifs is 1. The number of morpholine rings is 1. The quantitative estimate of drug-likeness (QED) is 0.574. The van der Waals surface area contributed by atoms with Crippen molar-refractivity contribution in [1.29, 1.82) is 0 Å². The highest BCUT2D eigenvalue weighted by Gasteiger charge is 2.33. The second-order valence-electron chi connectivity index (χ2n) is 6.24. The average molecular weight is 428 g/mol. The van der Waals surface area contributed by atoms with Crippen LogP contribution in [-0.2, 0) is 4.74 Å². The highest BCUT2D eigenvalue weighted by Crippen LogP contribution is 2.31. The molecule has 0 bridgehead atoms. The maximum atomic E-state index is 5.48. The predicted molar refractivity (Wildman–Crippen MR) is 96.9 cm³/mol. The summed E-state index contributed by atoms with van der Waals surface area (Å²) in [7, 11) is 0. The molecule has 0 spiro atoms. The summed E-state index contributed by atoms with van der Waals surface area (Å²) in [5, 5.41) is 11.5. The lowest BCUT2D eigenvalue weighted by atomic mass is 9.90. The highest BCUT2D eigenvalue weighted by molar-refractivity contribution is 14.1. The molecule has 7 nitrogen and oxygen atoms in total. The van der Waals surface area contributed by atoms with E-state index in [0.29, 0.717) is 16.0 Å². The molecule has 124 valence electrons. The summed E-state index contributed by atoms with van der Waals surface area (Å²) < 4.78 is 6.13. The molecule has 0 radical (unpaired) electrons. The summed E-state index contributed by atoms with van der Waals surface area (Å²) in [6, 6.07) is 1.14. The second kappa shape index (κ2) is 6.86. The van der Waals surface area contributed by atoms with Crippen LogP contribution in [0.4, 0.5) is 5.82 Å². The third-order valence-corrected chi connectivity index (χ3v) is 6.18. The van der Waals surface area contributed by atoms with Crippen molar-refractivity contribution in [2.24, 2.45) is 0 Å². The lowest BCUT2D eigenvalue weighted by Crippen LogP contribution is -2.51. The molecule has 4 rings (SSSR count). The van der Waals surface area contributed by atoms with Crippen molar-refractivity contribution in [3.63, 3.8) is 0 Å². The zero-order chi connectivity index (χ0) is 15.6. The fraction of sp³-hybridized carbons (Fsp3) is 0.667. The largest absolute Gasteiger partial charge is 0.379 e. The van der Waals surface area contributed by atoms with Crippen molar-refractivity contribution in [1.82, 2.24) is 25.1 Å². The van der Waals surface area contributed by atoms with Crippen LogP contribution in [0.5, 0.6) is 0 Å². The first-order valence-electron chi connectivity index (χ1n) is 8.18. The summed E-state index contributed by atoms with van der Waals surface area (Å²) in [5.41, 5.74) is 0.788. The fourth-order valence-electron chi connectivity index (χ4n) is 3.62. The van der Waals surface area contributed by atoms with Gasteiger partial charge in [-0.15, -0.1) is 0 Å². The molecule has 2 aliphatic rings. The molecule has 1 saturated carbocycles. The topological polar surface area (TPSA) is 79.0 Å². The number of hydrogen-bond donors (Lipinski definition) is 2. The molecule has 1 aliphatic carbocycles. The van der Waals surface area contributed by atoms with Crippen molar-refractivity contribution in [3.8, 4) is 0 Å². The van der Waals surface area contributed by atoms with E-state index >= 15 is 0 Å². The van der Waals surface area contributed by atoms with E-state index in [2.05, 4.69) is 53.0 Å². The summed E-state index contributed by atoms with van der Waals surface area (Å²) in [6.45, 7) is 3.90. The predicted octanol–water partition coefficient (Wildman–Crippen LogP) is 1.82. The Kier molecular flexibility index (Phi) is 4.63. The highest BCUT2D eigenvalue weighted by atomic mass is 127. The molecule has 1 aliphatic heterocycles. The first kappa shape index (κ1) is 15.5. The minimum atomic E-state index is 0.460. The van der Waals surface area contributed by atoms with E-state index in [1.54, 1.807) is 12.5 Å². The molecule has 23 heavy (non-hydrogen) atoms. The van der Waals surface area contributed by atoms with Crippen molar-refractivity contribution in [3.05, 3.63) is 12.5 Å². The van der Waals surface area contributed by atoms with Crippen LogP contribution in [-0.4, -0.2) is 67.4 Å². The van der Waals surface area contributed by atoms with Crippen LogP contribution in [0, 0.1) is 0 Å². The van der Waals surface area contributed by atoms with Crippen LogP contribution < -0.4 is 5.32 Å². The number of nitrogens with zero attached hydrogens (tertiary/aromatic N) is 4. The lowest BCUT2D eigenvalue weighted by molar-refractivity contribution is 0.0108. The third kappa shape index (κ3) is 3.29. The Morgan fingerprint density at radius 3 is 2.96 bits per heavy atom. The van der Waals surface area contributed by atoms with Gasteiger partial charge in [0.2, 0.25) is 0 Å². The van der Waals surface area contributed by atoms with Gasteiger partial charge in [0, 0.05) is 29.1 Å². The van der Waals surface area contributed by atoms with Crippen LogP contribution in [0.1, 0.15) is 19.3 Å². The number of H-pyrrole nitrogens is 1. The van der Waals surface area contributed by atoms with E-state index in [9.17, 15) is 0 Å². The summed E-state index contributed by atoms with van der Waals surface area (Å²) in [4.78, 5) is 11.2. The number of hydrogen-bond acceptors (Lipinski definition) is 6. The van der Waals surface area contributed by atoms with Crippen molar-refractivity contribution in [2.45, 2.75) is 35.3 Å². The number of aromatic amines is 1. The monoisotopic (exact) mass is 428 g/mol. The first-order chi connectivity index (χ1) is 11.3. The van der Waals surface area contributed by atoms with E-state index in [-0.39, 0.29) is 0 Å². The van der Waals surface area contributed by atoms with Crippen molar-refractivity contribution < 1.29 is 4.74 Å². The summed E-state index contributed by atoms with van der Waals surface area (Å²) >= 11 is 2.62. The standard InChI is InChI=1S/C15H21IN6O/c16-12-7-10(1-2-13(12)22-3-5-23-6-4-22)20-14-11-8-19-21-15(11)18-9-17-14/h8-10,12-13H,1-7H2,(H2,17,18,19,20,21). The van der Waals surface area contributed by atoms with Crippen molar-refractivity contribution in [2.75, 3.05) is 31.6 Å². The molecule has 3 heterocycles. The van der Waals surface area contributed by atoms with Gasteiger partial charge >= 0.3 is 0 Å². The van der Waals surface area contributed by atoms with Gasteiger partial charge in [0.05, 0.1) is 24.8 Å². The van der Waals surface area contributed by atoms with Crippen LogP contribution in [0.2, 0.25) is 0 Å². The summed E-state index contributed by atoms with van der Waals surface area (Å²) in [6.07, 6.45) is 6.93. The first-order valence-corrected chi connectivity index (χ1v) is 9.42. The van der Waals surface area contributed by atoms with E-state index in [1.807, 2.05) is 0 Å². The Morgan fingerprint density at radius 2 is 2.13 bits per heavy atom. The zero-order valence-corrected chi connectivity index (χ0v) is 15.1. The van der Waals surface area contributed by atoms with Gasteiger partial charge in [-0.05, 0) is 19.3 Å². The minimum Gasteiger partial charge on any atom is -0.379 e. The van der Waals surface area contributed by atoms with Gasteiger partial charge in [-0.25, -0.2) is 9.97 Å². The SMILES string of the molecule is IC1CC(Nc2ncnc3[nH]ncc23)CCC1N1CCOCC1.